The van der Waals surface area contributed by atoms with Crippen molar-refractivity contribution >= 4 is 45.2 Å². The van der Waals surface area contributed by atoms with Crippen molar-refractivity contribution in [1.82, 2.24) is 30.1 Å². The van der Waals surface area contributed by atoms with Gasteiger partial charge in [-0.2, -0.15) is 0 Å². The summed E-state index contributed by atoms with van der Waals surface area (Å²) in [5.74, 6) is -3.83. The second-order valence-corrected chi connectivity index (χ2v) is 19.9. The number of likely N-dealkylation sites (tertiary alicyclic amines) is 1. The number of nitrogens with one attached hydrogen (secondary N) is 3. The molecule has 1 heterocycles. The number of amides is 5. The Hall–Kier alpha value is -4.58. The van der Waals surface area contributed by atoms with Crippen molar-refractivity contribution in [3.63, 3.8) is 0 Å². The number of rotatable bonds is 24. The van der Waals surface area contributed by atoms with Crippen molar-refractivity contribution in [2.45, 2.75) is 129 Å². The molecule has 64 heavy (non-hydrogen) atoms. The number of carbonyl (C=O) groups is 5. The largest absolute Gasteiger partial charge is 0.399 e. The van der Waals surface area contributed by atoms with Crippen molar-refractivity contribution in [3.8, 4) is 0 Å². The van der Waals surface area contributed by atoms with Crippen LogP contribution >= 0.6 is 0 Å². The normalized spacial score (nSPS) is 18.1. The molecule has 3 rings (SSSR count). The molecule has 16 nitrogen and oxygen atoms in total. The van der Waals surface area contributed by atoms with E-state index in [-0.39, 0.29) is 48.3 Å². The summed E-state index contributed by atoms with van der Waals surface area (Å²) in [6, 6.07) is 11.7. The molecule has 1 unspecified atom stereocenters. The molecule has 5 amide bonds. The number of hydrogen-bond acceptors (Lipinski definition) is 11. The summed E-state index contributed by atoms with van der Waals surface area (Å²) in [5, 5.41) is 5.81. The minimum absolute atomic E-state index is 0.0121. The molecule has 358 valence electrons. The van der Waals surface area contributed by atoms with Crippen LogP contribution in [0.1, 0.15) is 85.3 Å². The van der Waals surface area contributed by atoms with Crippen LogP contribution in [0.25, 0.3) is 0 Å². The van der Waals surface area contributed by atoms with E-state index >= 15 is 0 Å². The van der Waals surface area contributed by atoms with E-state index < -0.39 is 75.9 Å². The zero-order valence-corrected chi connectivity index (χ0v) is 40.8. The van der Waals surface area contributed by atoms with Crippen LogP contribution in [0.4, 0.5) is 5.69 Å². The maximum Gasteiger partial charge on any atom is 0.256 e. The molecular formula is C47H75N7O9S. The molecule has 0 bridgehead atoms. The van der Waals surface area contributed by atoms with Gasteiger partial charge >= 0.3 is 0 Å². The van der Waals surface area contributed by atoms with Gasteiger partial charge in [0.25, 0.3) is 5.91 Å². The Balaban J connectivity index is 1.82. The van der Waals surface area contributed by atoms with Gasteiger partial charge in [-0.05, 0) is 68.0 Å². The van der Waals surface area contributed by atoms with E-state index in [2.05, 4.69) is 15.4 Å². The molecule has 0 aliphatic carbocycles. The van der Waals surface area contributed by atoms with Crippen molar-refractivity contribution in [2.75, 3.05) is 47.6 Å². The minimum atomic E-state index is -4.16. The van der Waals surface area contributed by atoms with Gasteiger partial charge in [-0.3, -0.25) is 33.6 Å². The number of carbonyl (C=O) groups excluding carboxylic acids is 5. The van der Waals surface area contributed by atoms with Gasteiger partial charge in [-0.25, -0.2) is 8.42 Å². The van der Waals surface area contributed by atoms with Gasteiger partial charge in [0.1, 0.15) is 12.1 Å². The van der Waals surface area contributed by atoms with Gasteiger partial charge in [0.2, 0.25) is 33.7 Å². The molecule has 1 saturated heterocycles. The molecule has 0 radical (unpaired) electrons. The number of nitrogens with zero attached hydrogens (tertiary/aromatic N) is 3. The number of sulfonamides is 1. The van der Waals surface area contributed by atoms with E-state index in [1.165, 1.54) is 14.2 Å². The summed E-state index contributed by atoms with van der Waals surface area (Å²) in [6.45, 7) is 13.8. The van der Waals surface area contributed by atoms with E-state index in [0.29, 0.717) is 42.6 Å². The molecule has 0 spiro atoms. The smallest absolute Gasteiger partial charge is 0.256 e. The van der Waals surface area contributed by atoms with Crippen LogP contribution in [0, 0.1) is 23.7 Å². The van der Waals surface area contributed by atoms with Gasteiger partial charge < -0.3 is 35.6 Å². The second-order valence-electron chi connectivity index (χ2n) is 18.2. The lowest BCUT2D eigenvalue weighted by molar-refractivity contribution is -0.148. The highest BCUT2D eigenvalue weighted by Crippen LogP contribution is 2.30. The third kappa shape index (κ3) is 14.7. The first-order valence-corrected chi connectivity index (χ1v) is 24.0. The number of methoxy groups -OCH3 is 2. The van der Waals surface area contributed by atoms with Crippen LogP contribution in [-0.2, 0) is 55.6 Å². The number of anilines is 1. The van der Waals surface area contributed by atoms with Gasteiger partial charge in [-0.1, -0.05) is 97.4 Å². The third-order valence-corrected chi connectivity index (χ3v) is 13.7. The Bertz CT molecular complexity index is 1940. The van der Waals surface area contributed by atoms with Crippen LogP contribution in [0.2, 0.25) is 0 Å². The van der Waals surface area contributed by atoms with Crippen molar-refractivity contribution in [1.29, 1.82) is 0 Å². The number of nitrogen functional groups attached to an aromatic ring is 1. The third-order valence-electron chi connectivity index (χ3n) is 12.5. The van der Waals surface area contributed by atoms with E-state index in [0.717, 1.165) is 0 Å². The summed E-state index contributed by atoms with van der Waals surface area (Å²) in [4.78, 5) is 75.2. The maximum absolute atomic E-state index is 14.4. The predicted octanol–water partition coefficient (Wildman–Crippen LogP) is 3.59. The fourth-order valence-corrected chi connectivity index (χ4v) is 10.0. The number of ether oxygens (including phenoxy) is 2. The van der Waals surface area contributed by atoms with Gasteiger partial charge in [0.05, 0.1) is 48.4 Å². The minimum Gasteiger partial charge on any atom is -0.399 e. The monoisotopic (exact) mass is 914 g/mol. The average Bonchev–Trinajstić information content (AvgIpc) is 3.72. The molecular weight excluding hydrogens is 839 g/mol. The Kier molecular flexibility index (Phi) is 20.7. The first-order chi connectivity index (χ1) is 30.1. The standard InChI is InChI=1S/C47H75N7O9S/c1-13-31(6)42(53(10)47(59)40(29(2)3)50-46(58)41(30(4)5)52(8)9)38(62-11)27-39(55)54-25-17-20-37(54)43(63-12)32(7)44(56)49-36(26-33-18-15-14-16-19-33)45(57)51-64(60,61)28-34-21-23-35(48)24-22-34/h14-16,18-19,21-24,29-32,36-38,40-43H,13,17,20,25-28,48H2,1-12H3,(H,49,56)(H,50,58)(H,51,57)/t31-,32+,36-,37-,38+,40-,41?,42-,43+/m0/s1. The SMILES string of the molecule is CC[C@H](C)[C@@H]([C@@H](CC(=O)N1CCC[C@H]1[C@H](OC)[C@@H](C)C(=O)N[C@@H](Cc1ccccc1)C(=O)NS(=O)(=O)Cc1ccc(N)cc1)OC)N(C)C(=O)[C@@H](NC(=O)C(C(C)C)N(C)C)C(C)C. The molecule has 1 fully saturated rings. The zero-order valence-electron chi connectivity index (χ0n) is 40.0. The van der Waals surface area contributed by atoms with Gasteiger partial charge in [-0.15, -0.1) is 0 Å². The van der Waals surface area contributed by atoms with E-state index in [1.54, 1.807) is 72.3 Å². The first kappa shape index (κ1) is 53.8. The molecule has 2 aromatic carbocycles. The fourth-order valence-electron chi connectivity index (χ4n) is 8.87. The number of nitrogens with two attached hydrogens (primary N) is 1. The van der Waals surface area contributed by atoms with Gasteiger partial charge in [0, 0.05) is 39.9 Å². The number of hydrogen-bond donors (Lipinski definition) is 4. The molecule has 0 saturated carbocycles. The topological polar surface area (TPSA) is 210 Å². The maximum atomic E-state index is 14.4. The second kappa shape index (κ2) is 24.6. The van der Waals surface area contributed by atoms with Crippen LogP contribution in [-0.4, -0.2) is 137 Å². The predicted molar refractivity (Wildman–Crippen MR) is 249 cm³/mol. The van der Waals surface area contributed by atoms with Crippen LogP contribution in [0.5, 0.6) is 0 Å². The Morgan fingerprint density at radius 2 is 1.45 bits per heavy atom. The Morgan fingerprint density at radius 3 is 1.98 bits per heavy atom. The highest BCUT2D eigenvalue weighted by atomic mass is 32.2. The number of benzene rings is 2. The lowest BCUT2D eigenvalue weighted by atomic mass is 9.89. The average molecular weight is 914 g/mol. The van der Waals surface area contributed by atoms with Crippen molar-refractivity contribution in [2.24, 2.45) is 23.7 Å². The molecule has 2 aromatic rings. The Labute approximate surface area is 381 Å². The summed E-state index contributed by atoms with van der Waals surface area (Å²) >= 11 is 0. The molecule has 1 aliphatic rings. The van der Waals surface area contributed by atoms with E-state index in [9.17, 15) is 32.4 Å². The molecule has 17 heteroatoms. The highest BCUT2D eigenvalue weighted by Gasteiger charge is 2.43. The van der Waals surface area contributed by atoms with E-state index in [1.807, 2.05) is 66.6 Å². The molecule has 0 aromatic heterocycles. The first-order valence-electron chi connectivity index (χ1n) is 22.4. The lowest BCUT2D eigenvalue weighted by Crippen LogP contribution is -2.59. The summed E-state index contributed by atoms with van der Waals surface area (Å²) < 4.78 is 40.4. The van der Waals surface area contributed by atoms with Gasteiger partial charge in [0.15, 0.2) is 0 Å². The fraction of sp³-hybridized carbons (Fsp3) is 0.638. The summed E-state index contributed by atoms with van der Waals surface area (Å²) in [5.41, 5.74) is 7.35. The molecule has 5 N–H and O–H groups in total. The van der Waals surface area contributed by atoms with Crippen molar-refractivity contribution in [3.05, 3.63) is 65.7 Å². The molecule has 1 aliphatic heterocycles. The van der Waals surface area contributed by atoms with Crippen LogP contribution < -0.4 is 21.1 Å². The summed E-state index contributed by atoms with van der Waals surface area (Å²) in [6.07, 6.45) is 0.346. The zero-order chi connectivity index (χ0) is 48.1. The van der Waals surface area contributed by atoms with Crippen LogP contribution in [0.3, 0.4) is 0 Å². The van der Waals surface area contributed by atoms with Crippen molar-refractivity contribution < 1.29 is 41.9 Å². The number of likely N-dealkylation sites (N-methyl/N-ethyl adjacent to an activating group) is 2. The highest BCUT2D eigenvalue weighted by molar-refractivity contribution is 7.89. The quantitative estimate of drug-likeness (QED) is 0.112. The lowest BCUT2D eigenvalue weighted by Gasteiger charge is -2.41. The van der Waals surface area contributed by atoms with E-state index in [4.69, 9.17) is 15.2 Å². The Morgan fingerprint density at radius 1 is 0.828 bits per heavy atom. The van der Waals surface area contributed by atoms with Crippen LogP contribution in [0.15, 0.2) is 54.6 Å². The summed E-state index contributed by atoms with van der Waals surface area (Å²) in [7, 11) is 4.20. The molecule has 9 atom stereocenters.